The number of amides is 1. The molecule has 2 aromatic heterocycles. The maximum absolute atomic E-state index is 12.9. The molecule has 11 heteroatoms. The molecule has 1 saturated heterocycles. The number of likely N-dealkylation sites (tertiary alicyclic amines) is 1. The molecule has 29 heavy (non-hydrogen) atoms. The van der Waals surface area contributed by atoms with Gasteiger partial charge in [0.2, 0.25) is 0 Å². The summed E-state index contributed by atoms with van der Waals surface area (Å²) in [4.78, 5) is 34.8. The van der Waals surface area contributed by atoms with Crippen LogP contribution in [-0.4, -0.2) is 41.2 Å². The van der Waals surface area contributed by atoms with E-state index < -0.39 is 8.07 Å². The number of nitrogens with one attached hydrogen (secondary N) is 1. The third kappa shape index (κ3) is 5.00. The number of hydrogen-bond donors (Lipinski definition) is 1. The van der Waals surface area contributed by atoms with Crippen molar-refractivity contribution in [2.45, 2.75) is 62.9 Å². The van der Waals surface area contributed by atoms with E-state index in [2.05, 4.69) is 45.5 Å². The molecule has 1 aliphatic heterocycles. The highest BCUT2D eigenvalue weighted by atomic mass is 79.9. The second-order valence-electron chi connectivity index (χ2n) is 8.79. The fourth-order valence-electron chi connectivity index (χ4n) is 3.80. The summed E-state index contributed by atoms with van der Waals surface area (Å²) in [7, 11) is -1.26. The first-order valence-corrected chi connectivity index (χ1v) is 14.7. The minimum absolute atomic E-state index is 0. The third-order valence-electron chi connectivity index (χ3n) is 5.49. The van der Waals surface area contributed by atoms with Crippen molar-refractivity contribution in [2.75, 3.05) is 6.61 Å². The Hall–Kier alpha value is -0.613. The van der Waals surface area contributed by atoms with E-state index in [0.29, 0.717) is 22.6 Å². The number of fused-ring (bicyclic) bond motifs is 1. The van der Waals surface area contributed by atoms with E-state index >= 15 is 0 Å². The van der Waals surface area contributed by atoms with Crippen LogP contribution in [0.4, 0.5) is 4.79 Å². The van der Waals surface area contributed by atoms with Crippen molar-refractivity contribution >= 4 is 76.5 Å². The molecule has 6 nitrogen and oxygen atoms in total. The summed E-state index contributed by atoms with van der Waals surface area (Å²) in [6, 6.07) is 2.59. The number of thiophene rings is 1. The van der Waals surface area contributed by atoms with Gasteiger partial charge in [-0.05, 0) is 53.7 Å². The molecule has 1 spiro atoms. The molecule has 2 aromatic rings. The number of aromatic nitrogens is 2. The molecule has 0 bridgehead atoms. The van der Waals surface area contributed by atoms with E-state index in [4.69, 9.17) is 4.74 Å². The van der Waals surface area contributed by atoms with Gasteiger partial charge in [-0.2, -0.15) is 0 Å². The molecular formula is C18H26BrCl2N3O3SSi. The van der Waals surface area contributed by atoms with Crippen LogP contribution in [0.3, 0.4) is 0 Å². The van der Waals surface area contributed by atoms with Gasteiger partial charge in [-0.3, -0.25) is 9.69 Å². The van der Waals surface area contributed by atoms with Crippen LogP contribution < -0.4 is 5.56 Å². The number of hydrogen-bond acceptors (Lipinski definition) is 5. The lowest BCUT2D eigenvalue weighted by Crippen LogP contribution is -2.40. The van der Waals surface area contributed by atoms with Crippen LogP contribution in [0.5, 0.6) is 0 Å². The van der Waals surface area contributed by atoms with E-state index in [0.717, 1.165) is 35.5 Å². The zero-order chi connectivity index (χ0) is 19.4. The number of H-pyrrole nitrogens is 1. The van der Waals surface area contributed by atoms with Gasteiger partial charge in [0.25, 0.3) is 5.56 Å². The third-order valence-corrected chi connectivity index (χ3v) is 8.82. The van der Waals surface area contributed by atoms with Crippen LogP contribution in [0.2, 0.25) is 25.7 Å². The zero-order valence-corrected chi connectivity index (χ0v) is 21.7. The van der Waals surface area contributed by atoms with Gasteiger partial charge in [0.15, 0.2) is 0 Å². The highest BCUT2D eigenvalue weighted by molar-refractivity contribution is 9.11. The summed E-state index contributed by atoms with van der Waals surface area (Å²) in [5.74, 6) is 0.573. The van der Waals surface area contributed by atoms with E-state index in [1.165, 1.54) is 11.3 Å². The van der Waals surface area contributed by atoms with Crippen LogP contribution in [0.1, 0.15) is 37.5 Å². The summed E-state index contributed by atoms with van der Waals surface area (Å²) in [5.41, 5.74) is 0.438. The molecule has 0 radical (unpaired) electrons. The first-order valence-electron chi connectivity index (χ1n) is 9.34. The Bertz CT molecular complexity index is 958. The van der Waals surface area contributed by atoms with Crippen LogP contribution in [-0.2, 0) is 4.74 Å². The van der Waals surface area contributed by atoms with Crippen LogP contribution in [0.15, 0.2) is 14.6 Å². The number of nitrogens with zero attached hydrogens (tertiary/aromatic N) is 2. The maximum atomic E-state index is 12.9. The van der Waals surface area contributed by atoms with Gasteiger partial charge in [0.1, 0.15) is 10.5 Å². The van der Waals surface area contributed by atoms with E-state index in [9.17, 15) is 9.59 Å². The maximum Gasteiger partial charge on any atom is 0.410 e. The van der Waals surface area contributed by atoms with Crippen molar-refractivity contribution < 1.29 is 9.53 Å². The van der Waals surface area contributed by atoms with Crippen molar-refractivity contribution in [2.24, 2.45) is 0 Å². The molecule has 4 rings (SSSR count). The average molecular weight is 543 g/mol. The molecule has 1 unspecified atom stereocenters. The molecule has 162 valence electrons. The number of carbonyl (C=O) groups excluding carboxylic acids is 1. The van der Waals surface area contributed by atoms with Crippen molar-refractivity contribution in [3.05, 3.63) is 26.0 Å². The van der Waals surface area contributed by atoms with Gasteiger partial charge >= 0.3 is 6.09 Å². The molecule has 1 saturated carbocycles. The SMILES string of the molecule is C[Si](C)(C)CCOC(=O)N1C(c2nc3cc(Br)sc3c(=O)[nH]2)CCC12CC2.Cl.Cl. The van der Waals surface area contributed by atoms with Gasteiger partial charge in [-0.25, -0.2) is 9.78 Å². The number of ether oxygens (including phenoxy) is 1. The van der Waals surface area contributed by atoms with Gasteiger partial charge in [0, 0.05) is 13.6 Å². The second-order valence-corrected chi connectivity index (χ2v) is 16.8. The Morgan fingerprint density at radius 1 is 1.38 bits per heavy atom. The molecule has 2 fully saturated rings. The Balaban J connectivity index is 0.00000150. The van der Waals surface area contributed by atoms with Gasteiger partial charge < -0.3 is 9.72 Å². The number of carbonyl (C=O) groups is 1. The highest BCUT2D eigenvalue weighted by Crippen LogP contribution is 2.56. The van der Waals surface area contributed by atoms with Crippen LogP contribution in [0, 0.1) is 0 Å². The monoisotopic (exact) mass is 541 g/mol. The summed E-state index contributed by atoms with van der Waals surface area (Å²) in [6.45, 7) is 7.27. The Kier molecular flexibility index (Phi) is 7.53. The average Bonchev–Trinajstić information content (AvgIpc) is 3.06. The summed E-state index contributed by atoms with van der Waals surface area (Å²) in [5, 5.41) is 0. The quantitative estimate of drug-likeness (QED) is 0.500. The van der Waals surface area contributed by atoms with Crippen molar-refractivity contribution in [3.8, 4) is 0 Å². The Labute approximate surface area is 195 Å². The largest absolute Gasteiger partial charge is 0.450 e. The standard InChI is InChI=1S/C18H24BrN3O3SSi.2ClH/c1-27(2,3)9-8-25-17(24)22-12(4-5-18(22)6-7-18)15-20-11-10-13(19)26-14(11)16(23)21-15;;/h10,12H,4-9H2,1-3H3,(H,20,21,23);2*1H. The molecule has 1 atom stereocenters. The van der Waals surface area contributed by atoms with Crippen molar-refractivity contribution in [1.29, 1.82) is 0 Å². The van der Waals surface area contributed by atoms with Gasteiger partial charge in [-0.15, -0.1) is 36.2 Å². The molecular weight excluding hydrogens is 517 g/mol. The lowest BCUT2D eigenvalue weighted by Gasteiger charge is -2.29. The van der Waals surface area contributed by atoms with Gasteiger partial charge in [0.05, 0.1) is 22.0 Å². The minimum Gasteiger partial charge on any atom is -0.450 e. The number of rotatable bonds is 4. The second kappa shape index (κ2) is 8.86. The molecule has 3 heterocycles. The highest BCUT2D eigenvalue weighted by Gasteiger charge is 2.58. The smallest absolute Gasteiger partial charge is 0.410 e. The Morgan fingerprint density at radius 3 is 2.69 bits per heavy atom. The Morgan fingerprint density at radius 2 is 2.07 bits per heavy atom. The normalized spacial score (nSPS) is 19.7. The number of halogens is 3. The van der Waals surface area contributed by atoms with Gasteiger partial charge in [-0.1, -0.05) is 19.6 Å². The molecule has 1 amide bonds. The molecule has 1 aliphatic carbocycles. The fraction of sp³-hybridized carbons (Fsp3) is 0.611. The van der Waals surface area contributed by atoms with E-state index in [1.54, 1.807) is 0 Å². The van der Waals surface area contributed by atoms with E-state index in [1.807, 2.05) is 11.0 Å². The lowest BCUT2D eigenvalue weighted by atomic mass is 10.2. The predicted octanol–water partition coefficient (Wildman–Crippen LogP) is 5.74. The molecule has 0 aromatic carbocycles. The topological polar surface area (TPSA) is 75.3 Å². The van der Waals surface area contributed by atoms with Crippen molar-refractivity contribution in [1.82, 2.24) is 14.9 Å². The molecule has 2 aliphatic rings. The predicted molar refractivity (Wildman–Crippen MR) is 128 cm³/mol. The summed E-state index contributed by atoms with van der Waals surface area (Å²) in [6.07, 6.45) is 3.49. The minimum atomic E-state index is -1.26. The molecule has 1 N–H and O–H groups in total. The number of aromatic amines is 1. The zero-order valence-electron chi connectivity index (χ0n) is 16.6. The first kappa shape index (κ1) is 24.7. The fourth-order valence-corrected chi connectivity index (χ4v) is 5.94. The first-order chi connectivity index (χ1) is 12.7. The summed E-state index contributed by atoms with van der Waals surface area (Å²) >= 11 is 4.79. The summed E-state index contributed by atoms with van der Waals surface area (Å²) < 4.78 is 7.13. The van der Waals surface area contributed by atoms with Crippen LogP contribution in [0.25, 0.3) is 10.2 Å². The van der Waals surface area contributed by atoms with E-state index in [-0.39, 0.29) is 48.0 Å². The lowest BCUT2D eigenvalue weighted by molar-refractivity contribution is 0.0811. The van der Waals surface area contributed by atoms with Crippen LogP contribution >= 0.6 is 52.1 Å². The van der Waals surface area contributed by atoms with Crippen molar-refractivity contribution in [3.63, 3.8) is 0 Å².